The lowest BCUT2D eigenvalue weighted by Crippen LogP contribution is -2.43. The average molecular weight is 388 g/mol. The van der Waals surface area contributed by atoms with Crippen LogP contribution < -0.4 is 24.8 Å². The summed E-state index contributed by atoms with van der Waals surface area (Å²) >= 11 is 0. The minimum absolute atomic E-state index is 0.00827. The Labute approximate surface area is 153 Å². The first-order valence-corrected chi connectivity index (χ1v) is 7.69. The van der Waals surface area contributed by atoms with E-state index in [-0.39, 0.29) is 29.4 Å². The molecular weight excluding hydrogens is 369 g/mol. The maximum absolute atomic E-state index is 13.6. The molecule has 0 fully saturated rings. The first-order chi connectivity index (χ1) is 12.8. The molecule has 1 aromatic carbocycles. The lowest BCUT2D eigenvalue weighted by atomic mass is 10.0. The summed E-state index contributed by atoms with van der Waals surface area (Å²) in [5, 5.41) is 10.5. The van der Waals surface area contributed by atoms with Gasteiger partial charge in [0.15, 0.2) is 17.5 Å². The highest BCUT2D eigenvalue weighted by Gasteiger charge is 2.42. The van der Waals surface area contributed by atoms with E-state index in [2.05, 4.69) is 15.5 Å². The van der Waals surface area contributed by atoms with Gasteiger partial charge in [-0.15, -0.1) is 0 Å². The third kappa shape index (κ3) is 4.96. The number of nitrogens with zero attached hydrogens (tertiary/aromatic N) is 1. The van der Waals surface area contributed by atoms with Crippen LogP contribution in [-0.2, 0) is 6.54 Å². The smallest absolute Gasteiger partial charge is 0.412 e. The Hall–Kier alpha value is -3.11. The molecule has 2 amide bonds. The van der Waals surface area contributed by atoms with Crippen LogP contribution in [0.5, 0.6) is 17.2 Å². The highest BCUT2D eigenvalue weighted by molar-refractivity contribution is 5.74. The van der Waals surface area contributed by atoms with Crippen LogP contribution >= 0.6 is 0 Å². The molecule has 1 atom stereocenters. The van der Waals surface area contributed by atoms with E-state index in [0.29, 0.717) is 5.69 Å². The van der Waals surface area contributed by atoms with Gasteiger partial charge in [-0.3, -0.25) is 5.10 Å². The van der Waals surface area contributed by atoms with Crippen molar-refractivity contribution in [2.45, 2.75) is 18.8 Å². The van der Waals surface area contributed by atoms with Gasteiger partial charge in [0.2, 0.25) is 5.75 Å². The second-order valence-electron chi connectivity index (χ2n) is 5.34. The molecule has 8 nitrogen and oxygen atoms in total. The number of carbonyl (C=O) groups is 1. The van der Waals surface area contributed by atoms with Crippen LogP contribution in [0.25, 0.3) is 0 Å². The van der Waals surface area contributed by atoms with E-state index in [1.165, 1.54) is 27.5 Å². The van der Waals surface area contributed by atoms with Crippen LogP contribution in [0.15, 0.2) is 24.4 Å². The van der Waals surface area contributed by atoms with Gasteiger partial charge in [0, 0.05) is 6.20 Å². The van der Waals surface area contributed by atoms with Crippen LogP contribution in [0.1, 0.15) is 17.3 Å². The summed E-state index contributed by atoms with van der Waals surface area (Å²) in [6, 6.07) is 0.568. The van der Waals surface area contributed by atoms with E-state index in [1.54, 1.807) is 6.07 Å². The maximum Gasteiger partial charge on any atom is 0.412 e. The maximum atomic E-state index is 13.6. The summed E-state index contributed by atoms with van der Waals surface area (Å²) in [5.74, 6) is 0.231. The third-order valence-electron chi connectivity index (χ3n) is 3.62. The summed E-state index contributed by atoms with van der Waals surface area (Å²) in [6.45, 7) is -0.00827. The Balaban J connectivity index is 2.26. The zero-order valence-electron chi connectivity index (χ0n) is 14.8. The molecule has 27 heavy (non-hydrogen) atoms. The van der Waals surface area contributed by atoms with Gasteiger partial charge in [0.25, 0.3) is 0 Å². The molecule has 0 saturated heterocycles. The monoisotopic (exact) mass is 388 g/mol. The number of nitrogens with one attached hydrogen (secondary N) is 3. The molecular formula is C16H19F3N4O4. The van der Waals surface area contributed by atoms with Crippen LogP contribution in [-0.4, -0.2) is 43.7 Å². The van der Waals surface area contributed by atoms with Crippen LogP contribution in [0.4, 0.5) is 18.0 Å². The molecule has 0 spiro atoms. The van der Waals surface area contributed by atoms with E-state index in [9.17, 15) is 18.0 Å². The number of hydrogen-bond acceptors (Lipinski definition) is 5. The molecule has 1 aromatic heterocycles. The topological polar surface area (TPSA) is 97.5 Å². The normalized spacial score (nSPS) is 12.2. The molecule has 0 bridgehead atoms. The van der Waals surface area contributed by atoms with Crippen molar-refractivity contribution in [1.29, 1.82) is 0 Å². The molecule has 0 radical (unpaired) electrons. The Morgan fingerprint density at radius 3 is 2.26 bits per heavy atom. The predicted octanol–water partition coefficient (Wildman–Crippen LogP) is 2.54. The Bertz CT molecular complexity index is 741. The van der Waals surface area contributed by atoms with Gasteiger partial charge in [-0.2, -0.15) is 18.3 Å². The summed E-state index contributed by atoms with van der Waals surface area (Å²) < 4.78 is 55.9. The molecule has 148 valence electrons. The number of hydrogen-bond donors (Lipinski definition) is 3. The fourth-order valence-corrected chi connectivity index (χ4v) is 2.36. The first-order valence-electron chi connectivity index (χ1n) is 7.69. The largest absolute Gasteiger partial charge is 0.493 e. The van der Waals surface area contributed by atoms with Gasteiger partial charge >= 0.3 is 12.2 Å². The lowest BCUT2D eigenvalue weighted by Gasteiger charge is -2.24. The number of H-pyrrole nitrogens is 1. The van der Waals surface area contributed by atoms with Gasteiger partial charge in [0.1, 0.15) is 0 Å². The predicted molar refractivity (Wildman–Crippen MR) is 88.9 cm³/mol. The van der Waals surface area contributed by atoms with E-state index in [4.69, 9.17) is 14.2 Å². The van der Waals surface area contributed by atoms with Crippen molar-refractivity contribution >= 4 is 6.03 Å². The fourth-order valence-electron chi connectivity index (χ4n) is 2.36. The van der Waals surface area contributed by atoms with Crippen molar-refractivity contribution in [1.82, 2.24) is 20.8 Å². The van der Waals surface area contributed by atoms with Crippen LogP contribution in [0.3, 0.4) is 0 Å². The van der Waals surface area contributed by atoms with Crippen molar-refractivity contribution in [3.63, 3.8) is 0 Å². The number of halogens is 3. The van der Waals surface area contributed by atoms with E-state index >= 15 is 0 Å². The van der Waals surface area contributed by atoms with Gasteiger partial charge in [-0.05, 0) is 23.8 Å². The van der Waals surface area contributed by atoms with Gasteiger partial charge in [-0.1, -0.05) is 0 Å². The van der Waals surface area contributed by atoms with Crippen molar-refractivity contribution in [2.24, 2.45) is 0 Å². The molecule has 1 unspecified atom stereocenters. The van der Waals surface area contributed by atoms with E-state index in [0.717, 1.165) is 12.1 Å². The van der Waals surface area contributed by atoms with Gasteiger partial charge in [0.05, 0.1) is 33.6 Å². The summed E-state index contributed by atoms with van der Waals surface area (Å²) in [7, 11) is 3.91. The lowest BCUT2D eigenvalue weighted by molar-refractivity contribution is -0.155. The zero-order chi connectivity index (χ0) is 20.0. The summed E-state index contributed by atoms with van der Waals surface area (Å²) in [4.78, 5) is 12.0. The Kier molecular flexibility index (Phi) is 6.37. The number of urea groups is 1. The fraction of sp³-hybridized carbons (Fsp3) is 0.375. The number of alkyl halides is 3. The number of carbonyl (C=O) groups excluding carboxylic acids is 1. The number of benzene rings is 1. The molecule has 11 heteroatoms. The highest BCUT2D eigenvalue weighted by Crippen LogP contribution is 2.42. The highest BCUT2D eigenvalue weighted by atomic mass is 19.4. The number of aromatic nitrogens is 2. The summed E-state index contributed by atoms with van der Waals surface area (Å²) in [6.07, 6.45) is -3.29. The zero-order valence-corrected chi connectivity index (χ0v) is 14.8. The average Bonchev–Trinajstić information content (AvgIpc) is 3.15. The number of methoxy groups -OCH3 is 3. The van der Waals surface area contributed by atoms with Crippen LogP contribution in [0, 0.1) is 0 Å². The molecule has 0 aliphatic carbocycles. The second-order valence-corrected chi connectivity index (χ2v) is 5.34. The SMILES string of the molecule is COc1cc(C(NC(=O)NCc2ccn[nH]2)C(F)(F)F)cc(OC)c1OC. The molecule has 0 saturated carbocycles. The number of amides is 2. The molecule has 0 aliphatic rings. The molecule has 1 heterocycles. The minimum atomic E-state index is -4.75. The van der Waals surface area contributed by atoms with Crippen molar-refractivity contribution in [3.05, 3.63) is 35.7 Å². The van der Waals surface area contributed by atoms with Gasteiger partial charge in [-0.25, -0.2) is 4.79 Å². The number of aromatic amines is 1. The molecule has 2 rings (SSSR count). The Morgan fingerprint density at radius 2 is 1.81 bits per heavy atom. The van der Waals surface area contributed by atoms with Gasteiger partial charge < -0.3 is 24.8 Å². The second kappa shape index (κ2) is 8.52. The van der Waals surface area contributed by atoms with Crippen molar-refractivity contribution in [2.75, 3.05) is 21.3 Å². The van der Waals surface area contributed by atoms with E-state index < -0.39 is 18.2 Å². The molecule has 3 N–H and O–H groups in total. The third-order valence-corrected chi connectivity index (χ3v) is 3.62. The van der Waals surface area contributed by atoms with Crippen molar-refractivity contribution < 1.29 is 32.2 Å². The van der Waals surface area contributed by atoms with Crippen LogP contribution in [0.2, 0.25) is 0 Å². The first kappa shape index (κ1) is 20.2. The summed E-state index contributed by atoms with van der Waals surface area (Å²) in [5.41, 5.74) is 0.273. The molecule has 2 aromatic rings. The number of rotatable bonds is 7. The quantitative estimate of drug-likeness (QED) is 0.677. The Morgan fingerprint density at radius 1 is 1.19 bits per heavy atom. The number of ether oxygens (including phenoxy) is 3. The molecule has 0 aliphatic heterocycles. The van der Waals surface area contributed by atoms with E-state index in [1.807, 2.05) is 5.32 Å². The van der Waals surface area contributed by atoms with Crippen molar-refractivity contribution in [3.8, 4) is 17.2 Å². The standard InChI is InChI=1S/C16H19F3N4O4/c1-25-11-6-9(7-12(26-2)13(11)27-3)14(16(17,18)19)22-15(24)20-8-10-4-5-21-23-10/h4-7,14H,8H2,1-3H3,(H,21,23)(H2,20,22,24). The minimum Gasteiger partial charge on any atom is -0.493 e.